The van der Waals surface area contributed by atoms with Crippen molar-refractivity contribution in [2.24, 2.45) is 0 Å². The first-order valence-electron chi connectivity index (χ1n) is 7.22. The molecule has 7 nitrogen and oxygen atoms in total. The van der Waals surface area contributed by atoms with E-state index < -0.39 is 5.97 Å². The fourth-order valence-electron chi connectivity index (χ4n) is 2.28. The molecule has 7 heteroatoms. The zero-order valence-corrected chi connectivity index (χ0v) is 12.5. The smallest absolute Gasteiger partial charge is 0.338 e. The molecule has 0 bridgehead atoms. The first kappa shape index (κ1) is 14.3. The molecule has 0 amide bonds. The molecule has 0 aliphatic carbocycles. The Morgan fingerprint density at radius 2 is 1.92 bits per heavy atom. The maximum absolute atomic E-state index is 11.9. The minimum atomic E-state index is -0.440. The number of hydrogen-bond acceptors (Lipinski definition) is 7. The van der Waals surface area contributed by atoms with Crippen molar-refractivity contribution in [3.8, 4) is 22.8 Å². The zero-order chi connectivity index (χ0) is 16.4. The molecule has 4 rings (SSSR count). The van der Waals surface area contributed by atoms with Crippen LogP contribution in [0.15, 0.2) is 53.3 Å². The van der Waals surface area contributed by atoms with Crippen molar-refractivity contribution in [1.82, 2.24) is 10.1 Å². The Labute approximate surface area is 136 Å². The average molecular weight is 324 g/mol. The summed E-state index contributed by atoms with van der Waals surface area (Å²) < 4.78 is 21.1. The summed E-state index contributed by atoms with van der Waals surface area (Å²) in [6, 6.07) is 10.4. The molecule has 0 spiro atoms. The number of benzene rings is 1. The maximum Gasteiger partial charge on any atom is 0.338 e. The van der Waals surface area contributed by atoms with Gasteiger partial charge in [-0.3, -0.25) is 4.98 Å². The van der Waals surface area contributed by atoms with Gasteiger partial charge in [-0.15, -0.1) is 0 Å². The fraction of sp³-hybridized carbons (Fsp3) is 0.118. The third kappa shape index (κ3) is 2.79. The number of nitrogens with zero attached hydrogens (tertiary/aromatic N) is 2. The topological polar surface area (TPSA) is 83.7 Å². The summed E-state index contributed by atoms with van der Waals surface area (Å²) in [6.07, 6.45) is 3.06. The van der Waals surface area contributed by atoms with Crippen molar-refractivity contribution in [3.63, 3.8) is 0 Å². The van der Waals surface area contributed by atoms with Gasteiger partial charge in [0.25, 0.3) is 0 Å². The maximum atomic E-state index is 11.9. The summed E-state index contributed by atoms with van der Waals surface area (Å²) in [7, 11) is 0. The summed E-state index contributed by atoms with van der Waals surface area (Å²) in [5, 5.41) is 3.92. The average Bonchev–Trinajstić information content (AvgIpc) is 3.29. The van der Waals surface area contributed by atoms with Crippen molar-refractivity contribution in [3.05, 3.63) is 60.0 Å². The number of esters is 1. The van der Waals surface area contributed by atoms with Gasteiger partial charge in [-0.05, 0) is 30.3 Å². The van der Waals surface area contributed by atoms with E-state index in [4.69, 9.17) is 18.7 Å². The molecule has 0 radical (unpaired) electrons. The van der Waals surface area contributed by atoms with Crippen LogP contribution in [0, 0.1) is 0 Å². The van der Waals surface area contributed by atoms with Crippen molar-refractivity contribution in [1.29, 1.82) is 0 Å². The number of hydrogen-bond donors (Lipinski definition) is 0. The molecule has 0 saturated heterocycles. The summed E-state index contributed by atoms with van der Waals surface area (Å²) in [6.45, 7) is 0.237. The largest absolute Gasteiger partial charge is 0.455 e. The number of rotatable bonds is 4. The first-order chi connectivity index (χ1) is 11.8. The van der Waals surface area contributed by atoms with Crippen molar-refractivity contribution in [2.45, 2.75) is 6.61 Å². The SMILES string of the molecule is O=C(OCc1cc(-c2ccc3c(c2)OCO3)on1)c1ccncc1. The lowest BCUT2D eigenvalue weighted by molar-refractivity contribution is 0.0464. The summed E-state index contributed by atoms with van der Waals surface area (Å²) >= 11 is 0. The molecular weight excluding hydrogens is 312 g/mol. The number of carbonyl (C=O) groups excluding carboxylic acids is 1. The van der Waals surface area contributed by atoms with Gasteiger partial charge in [-0.2, -0.15) is 0 Å². The van der Waals surface area contributed by atoms with E-state index >= 15 is 0 Å². The normalized spacial score (nSPS) is 12.2. The minimum absolute atomic E-state index is 0.0230. The third-order valence-electron chi connectivity index (χ3n) is 3.48. The van der Waals surface area contributed by atoms with Crippen LogP contribution in [-0.2, 0) is 11.3 Å². The standard InChI is InChI=1S/C17H12N2O5/c20-17(11-3-5-18-6-4-11)21-9-13-8-15(24-19-13)12-1-2-14-16(7-12)23-10-22-14/h1-8H,9-10H2. The molecule has 24 heavy (non-hydrogen) atoms. The second-order valence-electron chi connectivity index (χ2n) is 5.06. The molecule has 1 aromatic carbocycles. The van der Waals surface area contributed by atoms with Gasteiger partial charge in [0.1, 0.15) is 12.3 Å². The van der Waals surface area contributed by atoms with Crippen molar-refractivity contribution >= 4 is 5.97 Å². The van der Waals surface area contributed by atoms with Gasteiger partial charge in [-0.1, -0.05) is 5.16 Å². The molecule has 3 aromatic rings. The lowest BCUT2D eigenvalue weighted by Gasteiger charge is -2.01. The van der Waals surface area contributed by atoms with Crippen LogP contribution in [0.5, 0.6) is 11.5 Å². The second-order valence-corrected chi connectivity index (χ2v) is 5.06. The van der Waals surface area contributed by atoms with Gasteiger partial charge >= 0.3 is 5.97 Å². The molecule has 3 heterocycles. The highest BCUT2D eigenvalue weighted by molar-refractivity contribution is 5.89. The van der Waals surface area contributed by atoms with Crippen LogP contribution in [-0.4, -0.2) is 22.9 Å². The van der Waals surface area contributed by atoms with E-state index in [1.54, 1.807) is 18.2 Å². The van der Waals surface area contributed by atoms with E-state index in [2.05, 4.69) is 10.1 Å². The van der Waals surface area contributed by atoms with E-state index in [9.17, 15) is 4.79 Å². The van der Waals surface area contributed by atoms with Crippen LogP contribution >= 0.6 is 0 Å². The van der Waals surface area contributed by atoms with E-state index in [1.165, 1.54) is 12.4 Å². The summed E-state index contributed by atoms with van der Waals surface area (Å²) in [4.78, 5) is 15.7. The number of pyridine rings is 1. The Kier molecular flexibility index (Phi) is 3.59. The van der Waals surface area contributed by atoms with Gasteiger partial charge in [0.05, 0.1) is 5.56 Å². The molecule has 0 fully saturated rings. The van der Waals surface area contributed by atoms with Crippen molar-refractivity contribution < 1.29 is 23.5 Å². The second kappa shape index (κ2) is 6.04. The lowest BCUT2D eigenvalue weighted by Crippen LogP contribution is -2.05. The first-order valence-corrected chi connectivity index (χ1v) is 7.22. The predicted octanol–water partition coefficient (Wildman–Crippen LogP) is 2.82. The van der Waals surface area contributed by atoms with E-state index in [1.807, 2.05) is 18.2 Å². The van der Waals surface area contributed by atoms with Crippen LogP contribution in [0.25, 0.3) is 11.3 Å². The molecule has 120 valence electrons. The lowest BCUT2D eigenvalue weighted by atomic mass is 10.1. The highest BCUT2D eigenvalue weighted by Gasteiger charge is 2.16. The monoisotopic (exact) mass is 324 g/mol. The number of aromatic nitrogens is 2. The predicted molar refractivity (Wildman–Crippen MR) is 81.4 cm³/mol. The number of ether oxygens (including phenoxy) is 3. The summed E-state index contributed by atoms with van der Waals surface area (Å²) in [5.74, 6) is 1.48. The zero-order valence-electron chi connectivity index (χ0n) is 12.5. The van der Waals surface area contributed by atoms with Crippen LogP contribution in [0.3, 0.4) is 0 Å². The molecule has 2 aromatic heterocycles. The molecule has 0 N–H and O–H groups in total. The molecule has 0 saturated carbocycles. The van der Waals surface area contributed by atoms with Crippen LogP contribution in [0.4, 0.5) is 0 Å². The summed E-state index contributed by atoms with van der Waals surface area (Å²) in [5.41, 5.74) is 1.76. The van der Waals surface area contributed by atoms with E-state index in [0.29, 0.717) is 28.5 Å². The van der Waals surface area contributed by atoms with Gasteiger partial charge in [0.2, 0.25) is 6.79 Å². The van der Waals surface area contributed by atoms with Crippen LogP contribution < -0.4 is 9.47 Å². The van der Waals surface area contributed by atoms with Crippen LogP contribution in [0.2, 0.25) is 0 Å². The number of fused-ring (bicyclic) bond motifs is 1. The van der Waals surface area contributed by atoms with Crippen molar-refractivity contribution in [2.75, 3.05) is 6.79 Å². The van der Waals surface area contributed by atoms with E-state index in [-0.39, 0.29) is 13.4 Å². The quantitative estimate of drug-likeness (QED) is 0.682. The molecule has 0 atom stereocenters. The molecule has 1 aliphatic rings. The Morgan fingerprint density at radius 1 is 1.08 bits per heavy atom. The Morgan fingerprint density at radius 3 is 2.79 bits per heavy atom. The Balaban J connectivity index is 1.44. The Bertz CT molecular complexity index is 876. The van der Waals surface area contributed by atoms with Gasteiger partial charge < -0.3 is 18.7 Å². The minimum Gasteiger partial charge on any atom is -0.455 e. The Hall–Kier alpha value is -3.35. The molecule has 0 unspecified atom stereocenters. The van der Waals surface area contributed by atoms with E-state index in [0.717, 1.165) is 5.56 Å². The molecular formula is C17H12N2O5. The third-order valence-corrected chi connectivity index (χ3v) is 3.48. The van der Waals surface area contributed by atoms with Gasteiger partial charge in [0, 0.05) is 24.0 Å². The highest BCUT2D eigenvalue weighted by atomic mass is 16.7. The molecule has 1 aliphatic heterocycles. The van der Waals surface area contributed by atoms with Gasteiger partial charge in [-0.25, -0.2) is 4.79 Å². The highest BCUT2D eigenvalue weighted by Crippen LogP contribution is 2.36. The van der Waals surface area contributed by atoms with Gasteiger partial charge in [0.15, 0.2) is 17.3 Å². The number of carbonyl (C=O) groups is 1. The fourth-order valence-corrected chi connectivity index (χ4v) is 2.28. The van der Waals surface area contributed by atoms with Crippen LogP contribution in [0.1, 0.15) is 16.1 Å².